The van der Waals surface area contributed by atoms with Gasteiger partial charge in [0.15, 0.2) is 0 Å². The van der Waals surface area contributed by atoms with Crippen LogP contribution in [0.5, 0.6) is 0 Å². The summed E-state index contributed by atoms with van der Waals surface area (Å²) in [6.07, 6.45) is 2.28. The zero-order valence-electron chi connectivity index (χ0n) is 6.04. The highest BCUT2D eigenvalue weighted by Crippen LogP contribution is 2.16. The van der Waals surface area contributed by atoms with E-state index in [1.807, 2.05) is 6.92 Å². The lowest BCUT2D eigenvalue weighted by Gasteiger charge is -2.17. The number of rotatable bonds is 2. The van der Waals surface area contributed by atoms with Crippen LogP contribution >= 0.6 is 0 Å². The molecule has 0 aromatic rings. The second-order valence-electron chi connectivity index (χ2n) is 2.60. The molecule has 1 atom stereocenters. The van der Waals surface area contributed by atoms with Gasteiger partial charge in [-0.25, -0.2) is 0 Å². The van der Waals surface area contributed by atoms with Crippen LogP contribution in [0.1, 0.15) is 19.8 Å². The van der Waals surface area contributed by atoms with Gasteiger partial charge in [0.1, 0.15) is 6.29 Å². The Bertz CT molecular complexity index is 156. The lowest BCUT2D eigenvalue weighted by atomic mass is 10.2. The van der Waals surface area contributed by atoms with Crippen molar-refractivity contribution in [2.24, 2.45) is 0 Å². The molecule has 0 radical (unpaired) electrons. The van der Waals surface area contributed by atoms with Crippen molar-refractivity contribution in [1.82, 2.24) is 4.90 Å². The maximum Gasteiger partial charge on any atom is 0.223 e. The highest BCUT2D eigenvalue weighted by molar-refractivity contribution is 5.80. The molecule has 1 rings (SSSR count). The highest BCUT2D eigenvalue weighted by atomic mass is 16.2. The van der Waals surface area contributed by atoms with Gasteiger partial charge in [-0.3, -0.25) is 4.79 Å². The maximum atomic E-state index is 10.9. The smallest absolute Gasteiger partial charge is 0.223 e. The van der Waals surface area contributed by atoms with E-state index in [0.29, 0.717) is 6.42 Å². The molecule has 0 spiro atoms. The van der Waals surface area contributed by atoms with Crippen molar-refractivity contribution < 1.29 is 9.59 Å². The molecule has 3 heteroatoms. The fraction of sp³-hybridized carbons (Fsp3) is 0.714. The molecule has 56 valence electrons. The van der Waals surface area contributed by atoms with E-state index in [1.165, 1.54) is 0 Å². The molecular formula is C7H11NO2. The van der Waals surface area contributed by atoms with Gasteiger partial charge in [0.05, 0.1) is 6.54 Å². The molecule has 0 saturated carbocycles. The number of nitrogens with zero attached hydrogens (tertiary/aromatic N) is 1. The number of aldehydes is 1. The first-order valence-corrected chi connectivity index (χ1v) is 3.49. The average Bonchev–Trinajstić information content (AvgIpc) is 2.20. The second kappa shape index (κ2) is 2.82. The summed E-state index contributed by atoms with van der Waals surface area (Å²) in [6, 6.07) is 0.262. The zero-order valence-corrected chi connectivity index (χ0v) is 6.04. The van der Waals surface area contributed by atoms with Gasteiger partial charge in [0, 0.05) is 12.5 Å². The summed E-state index contributed by atoms with van der Waals surface area (Å²) in [4.78, 5) is 22.6. The van der Waals surface area contributed by atoms with Crippen molar-refractivity contribution in [3.05, 3.63) is 0 Å². The molecule has 1 amide bonds. The van der Waals surface area contributed by atoms with Gasteiger partial charge in [-0.2, -0.15) is 0 Å². The van der Waals surface area contributed by atoms with Gasteiger partial charge in [-0.1, -0.05) is 0 Å². The molecule has 1 unspecified atom stereocenters. The van der Waals surface area contributed by atoms with Crippen molar-refractivity contribution in [1.29, 1.82) is 0 Å². The molecule has 1 fully saturated rings. The number of hydrogen-bond donors (Lipinski definition) is 0. The SMILES string of the molecule is CC1CCC(=O)N1CC=O. The van der Waals surface area contributed by atoms with Crippen LogP contribution in [-0.4, -0.2) is 29.7 Å². The minimum atomic E-state index is 0.111. The van der Waals surface area contributed by atoms with Crippen LogP contribution in [0.4, 0.5) is 0 Å². The quantitative estimate of drug-likeness (QED) is 0.515. The number of hydrogen-bond acceptors (Lipinski definition) is 2. The van der Waals surface area contributed by atoms with E-state index in [4.69, 9.17) is 0 Å². The Morgan fingerprint density at radius 2 is 2.50 bits per heavy atom. The molecule has 1 aliphatic heterocycles. The van der Waals surface area contributed by atoms with E-state index in [1.54, 1.807) is 4.90 Å². The Morgan fingerprint density at radius 3 is 2.90 bits per heavy atom. The molecule has 10 heavy (non-hydrogen) atoms. The minimum Gasteiger partial charge on any atom is -0.333 e. The van der Waals surface area contributed by atoms with Gasteiger partial charge in [-0.05, 0) is 13.3 Å². The van der Waals surface area contributed by atoms with Crippen LogP contribution in [0.3, 0.4) is 0 Å². The van der Waals surface area contributed by atoms with Crippen LogP contribution in [0.25, 0.3) is 0 Å². The number of amides is 1. The lowest BCUT2D eigenvalue weighted by molar-refractivity contribution is -0.130. The first-order chi connectivity index (χ1) is 4.75. The largest absolute Gasteiger partial charge is 0.333 e. The lowest BCUT2D eigenvalue weighted by Crippen LogP contribution is -2.32. The Morgan fingerprint density at radius 1 is 1.80 bits per heavy atom. The molecule has 1 aliphatic rings. The highest BCUT2D eigenvalue weighted by Gasteiger charge is 2.26. The molecule has 0 aromatic carbocycles. The minimum absolute atomic E-state index is 0.111. The molecule has 0 aromatic heterocycles. The molecule has 1 saturated heterocycles. The van der Waals surface area contributed by atoms with Crippen LogP contribution in [0.2, 0.25) is 0 Å². The Hall–Kier alpha value is -0.860. The van der Waals surface area contributed by atoms with Gasteiger partial charge in [0.25, 0.3) is 0 Å². The van der Waals surface area contributed by atoms with Gasteiger partial charge < -0.3 is 9.69 Å². The fourth-order valence-electron chi connectivity index (χ4n) is 1.24. The van der Waals surface area contributed by atoms with Gasteiger partial charge in [0.2, 0.25) is 5.91 Å². The number of carbonyl (C=O) groups excluding carboxylic acids is 2. The van der Waals surface area contributed by atoms with E-state index in [2.05, 4.69) is 0 Å². The third-order valence-electron chi connectivity index (χ3n) is 1.90. The van der Waals surface area contributed by atoms with E-state index < -0.39 is 0 Å². The summed E-state index contributed by atoms with van der Waals surface area (Å²) >= 11 is 0. The van der Waals surface area contributed by atoms with Crippen molar-refractivity contribution in [3.8, 4) is 0 Å². The van der Waals surface area contributed by atoms with Crippen molar-refractivity contribution in [2.45, 2.75) is 25.8 Å². The Balaban J connectivity index is 2.53. The average molecular weight is 141 g/mol. The first-order valence-electron chi connectivity index (χ1n) is 3.49. The first kappa shape index (κ1) is 7.25. The molecule has 1 heterocycles. The predicted molar refractivity (Wildman–Crippen MR) is 36.5 cm³/mol. The summed E-state index contributed by atoms with van der Waals surface area (Å²) in [5.74, 6) is 0.111. The summed E-state index contributed by atoms with van der Waals surface area (Å²) in [6.45, 7) is 2.23. The van der Waals surface area contributed by atoms with Crippen molar-refractivity contribution in [3.63, 3.8) is 0 Å². The third kappa shape index (κ3) is 1.17. The summed E-state index contributed by atoms with van der Waals surface area (Å²) < 4.78 is 0. The monoisotopic (exact) mass is 141 g/mol. The summed E-state index contributed by atoms with van der Waals surface area (Å²) in [5.41, 5.74) is 0. The molecular weight excluding hydrogens is 130 g/mol. The van der Waals surface area contributed by atoms with Crippen LogP contribution in [-0.2, 0) is 9.59 Å². The second-order valence-corrected chi connectivity index (χ2v) is 2.60. The predicted octanol–water partition coefficient (Wildman–Crippen LogP) is 0.196. The summed E-state index contributed by atoms with van der Waals surface area (Å²) in [5, 5.41) is 0. The van der Waals surface area contributed by atoms with Crippen LogP contribution < -0.4 is 0 Å². The third-order valence-corrected chi connectivity index (χ3v) is 1.90. The van der Waals surface area contributed by atoms with E-state index in [0.717, 1.165) is 12.7 Å². The van der Waals surface area contributed by atoms with E-state index in [9.17, 15) is 9.59 Å². The van der Waals surface area contributed by atoms with Crippen molar-refractivity contribution >= 4 is 12.2 Å². The molecule has 0 N–H and O–H groups in total. The van der Waals surface area contributed by atoms with Crippen LogP contribution in [0.15, 0.2) is 0 Å². The zero-order chi connectivity index (χ0) is 7.56. The van der Waals surface area contributed by atoms with Crippen LogP contribution in [0, 0.1) is 0 Å². The van der Waals surface area contributed by atoms with Gasteiger partial charge >= 0.3 is 0 Å². The summed E-state index contributed by atoms with van der Waals surface area (Å²) in [7, 11) is 0. The number of likely N-dealkylation sites (tertiary alicyclic amines) is 1. The topological polar surface area (TPSA) is 37.4 Å². The van der Waals surface area contributed by atoms with E-state index >= 15 is 0 Å². The Kier molecular flexibility index (Phi) is 2.04. The standard InChI is InChI=1S/C7H11NO2/c1-6-2-3-7(10)8(6)4-5-9/h5-6H,2-4H2,1H3. The number of carbonyl (C=O) groups is 2. The fourth-order valence-corrected chi connectivity index (χ4v) is 1.24. The Labute approximate surface area is 60.0 Å². The molecule has 0 bridgehead atoms. The molecule has 3 nitrogen and oxygen atoms in total. The van der Waals surface area contributed by atoms with E-state index in [-0.39, 0.29) is 18.5 Å². The van der Waals surface area contributed by atoms with Gasteiger partial charge in [-0.15, -0.1) is 0 Å². The normalized spacial score (nSPS) is 25.5. The molecule has 0 aliphatic carbocycles. The maximum absolute atomic E-state index is 10.9. The van der Waals surface area contributed by atoms with Crippen molar-refractivity contribution in [2.75, 3.05) is 6.54 Å².